The molecular weight excluding hydrogens is 327 g/mol. The second-order valence-electron chi connectivity index (χ2n) is 6.71. The quantitative estimate of drug-likeness (QED) is 0.501. The summed E-state index contributed by atoms with van der Waals surface area (Å²) >= 11 is 0. The third-order valence-electron chi connectivity index (χ3n) is 3.81. The lowest BCUT2D eigenvalue weighted by Crippen LogP contribution is -2.10. The van der Waals surface area contributed by atoms with Gasteiger partial charge in [-0.2, -0.15) is 0 Å². The Labute approximate surface area is 143 Å². The van der Waals surface area contributed by atoms with Crippen molar-refractivity contribution in [3.8, 4) is 16.9 Å². The minimum atomic E-state index is -0.614. The van der Waals surface area contributed by atoms with Crippen LogP contribution in [0.2, 0.25) is 0 Å². The number of methoxy groups -OCH3 is 1. The van der Waals surface area contributed by atoms with E-state index >= 15 is 0 Å². The van der Waals surface area contributed by atoms with Gasteiger partial charge in [0, 0.05) is 17.0 Å². The molecule has 0 aliphatic rings. The molecule has 0 atom stereocenters. The zero-order valence-electron chi connectivity index (χ0n) is 14.3. The molecule has 3 aromatic rings. The molecule has 1 heterocycles. The Morgan fingerprint density at radius 1 is 1.20 bits per heavy atom. The molecule has 2 aromatic carbocycles. The largest absolute Gasteiger partial charge is 0.497 e. The van der Waals surface area contributed by atoms with Gasteiger partial charge in [0.1, 0.15) is 17.1 Å². The number of nitro groups is 1. The van der Waals surface area contributed by atoms with Crippen molar-refractivity contribution in [2.45, 2.75) is 26.2 Å². The molecule has 0 saturated heterocycles. The van der Waals surface area contributed by atoms with Crippen molar-refractivity contribution in [1.82, 2.24) is 4.98 Å². The Balaban J connectivity index is 2.22. The fraction of sp³-hybridized carbons (Fsp3) is 0.278. The van der Waals surface area contributed by atoms with E-state index in [9.17, 15) is 14.5 Å². The molecule has 130 valence electrons. The highest BCUT2D eigenvalue weighted by atomic mass is 19.1. The van der Waals surface area contributed by atoms with Crippen molar-refractivity contribution in [3.63, 3.8) is 0 Å². The van der Waals surface area contributed by atoms with Crippen molar-refractivity contribution >= 4 is 16.8 Å². The van der Waals surface area contributed by atoms with Gasteiger partial charge in [0.05, 0.1) is 23.7 Å². The Bertz CT molecular complexity index is 973. The van der Waals surface area contributed by atoms with Crippen LogP contribution in [-0.2, 0) is 5.41 Å². The third kappa shape index (κ3) is 3.05. The van der Waals surface area contributed by atoms with Gasteiger partial charge in [-0.25, -0.2) is 9.37 Å². The molecule has 0 bridgehead atoms. The lowest BCUT2D eigenvalue weighted by atomic mass is 9.97. The number of nitrogens with zero attached hydrogens (tertiary/aromatic N) is 2. The molecule has 1 aromatic heterocycles. The molecule has 7 heteroatoms. The molecule has 3 rings (SSSR count). The first-order valence-corrected chi connectivity index (χ1v) is 7.64. The third-order valence-corrected chi connectivity index (χ3v) is 3.81. The summed E-state index contributed by atoms with van der Waals surface area (Å²) in [5.74, 6) is 0.189. The van der Waals surface area contributed by atoms with Crippen molar-refractivity contribution < 1.29 is 18.5 Å². The summed E-state index contributed by atoms with van der Waals surface area (Å²) in [5, 5.41) is 11.4. The molecule has 0 aliphatic heterocycles. The van der Waals surface area contributed by atoms with Gasteiger partial charge in [0.15, 0.2) is 5.58 Å². The first-order chi connectivity index (χ1) is 11.7. The number of oxazole rings is 1. The highest BCUT2D eigenvalue weighted by Crippen LogP contribution is 2.37. The summed E-state index contributed by atoms with van der Waals surface area (Å²) in [7, 11) is 1.41. The Morgan fingerprint density at radius 3 is 2.52 bits per heavy atom. The van der Waals surface area contributed by atoms with Crippen LogP contribution in [0.1, 0.15) is 26.7 Å². The van der Waals surface area contributed by atoms with Crippen molar-refractivity contribution in [2.24, 2.45) is 0 Å². The van der Waals surface area contributed by atoms with E-state index in [0.717, 1.165) is 0 Å². The molecule has 0 aliphatic carbocycles. The predicted molar refractivity (Wildman–Crippen MR) is 91.3 cm³/mol. The second-order valence-corrected chi connectivity index (χ2v) is 6.71. The lowest BCUT2D eigenvalue weighted by Gasteiger charge is -2.11. The SMILES string of the molecule is COc1ccc(-c2cc3nc(C(C)(C)C)oc3cc2F)c([N+](=O)[O-])c1. The second kappa shape index (κ2) is 5.84. The van der Waals surface area contributed by atoms with E-state index in [1.54, 1.807) is 6.07 Å². The minimum absolute atomic E-state index is 0.0932. The van der Waals surface area contributed by atoms with E-state index in [2.05, 4.69) is 4.98 Å². The van der Waals surface area contributed by atoms with Gasteiger partial charge in [0.25, 0.3) is 5.69 Å². The van der Waals surface area contributed by atoms with E-state index in [1.807, 2.05) is 20.8 Å². The van der Waals surface area contributed by atoms with Crippen LogP contribution < -0.4 is 4.74 Å². The maximum atomic E-state index is 14.6. The van der Waals surface area contributed by atoms with Gasteiger partial charge in [-0.15, -0.1) is 0 Å². The summed E-state index contributed by atoms with van der Waals surface area (Å²) in [6.07, 6.45) is 0. The van der Waals surface area contributed by atoms with E-state index in [-0.39, 0.29) is 22.2 Å². The number of hydrogen-bond acceptors (Lipinski definition) is 5. The van der Waals surface area contributed by atoms with Crippen LogP contribution in [0.25, 0.3) is 22.2 Å². The van der Waals surface area contributed by atoms with Crippen LogP contribution in [0, 0.1) is 15.9 Å². The maximum absolute atomic E-state index is 14.6. The van der Waals surface area contributed by atoms with E-state index in [0.29, 0.717) is 22.7 Å². The van der Waals surface area contributed by atoms with Crippen LogP contribution in [0.3, 0.4) is 0 Å². The van der Waals surface area contributed by atoms with Crippen LogP contribution in [0.5, 0.6) is 5.75 Å². The monoisotopic (exact) mass is 344 g/mol. The average molecular weight is 344 g/mol. The number of rotatable bonds is 3. The topological polar surface area (TPSA) is 78.4 Å². The average Bonchev–Trinajstić information content (AvgIpc) is 2.96. The highest BCUT2D eigenvalue weighted by Gasteiger charge is 2.24. The number of fused-ring (bicyclic) bond motifs is 1. The Kier molecular flexibility index (Phi) is 3.94. The summed E-state index contributed by atoms with van der Waals surface area (Å²) in [6, 6.07) is 6.96. The standard InChI is InChI=1S/C18H17FN2O4/c1-18(2,3)17-20-14-8-12(13(19)9-16(14)25-17)11-6-5-10(24-4)7-15(11)21(22)23/h5-9H,1-4H3. The van der Waals surface area contributed by atoms with Gasteiger partial charge in [0.2, 0.25) is 5.89 Å². The minimum Gasteiger partial charge on any atom is -0.497 e. The Hall–Kier alpha value is -2.96. The normalized spacial score (nSPS) is 11.7. The maximum Gasteiger partial charge on any atom is 0.281 e. The van der Waals surface area contributed by atoms with Crippen molar-refractivity contribution in [3.05, 3.63) is 52.2 Å². The zero-order chi connectivity index (χ0) is 18.4. The molecule has 0 spiro atoms. The van der Waals surface area contributed by atoms with Crippen molar-refractivity contribution in [1.29, 1.82) is 0 Å². The van der Waals surface area contributed by atoms with Gasteiger partial charge in [-0.05, 0) is 18.2 Å². The smallest absolute Gasteiger partial charge is 0.281 e. The fourth-order valence-electron chi connectivity index (χ4n) is 2.49. The van der Waals surface area contributed by atoms with Gasteiger partial charge in [-0.1, -0.05) is 20.8 Å². The van der Waals surface area contributed by atoms with Crippen LogP contribution in [-0.4, -0.2) is 17.0 Å². The summed E-state index contributed by atoms with van der Waals surface area (Å²) in [4.78, 5) is 15.2. The number of nitro benzene ring substituents is 1. The number of aromatic nitrogens is 1. The number of halogens is 1. The van der Waals surface area contributed by atoms with Crippen LogP contribution >= 0.6 is 0 Å². The highest BCUT2D eigenvalue weighted by molar-refractivity contribution is 5.84. The van der Waals surface area contributed by atoms with E-state index < -0.39 is 10.7 Å². The molecule has 6 nitrogen and oxygen atoms in total. The summed E-state index contributed by atoms with van der Waals surface area (Å²) in [6.45, 7) is 5.80. The van der Waals surface area contributed by atoms with Gasteiger partial charge in [-0.3, -0.25) is 10.1 Å². The fourth-order valence-corrected chi connectivity index (χ4v) is 2.49. The van der Waals surface area contributed by atoms with Gasteiger partial charge < -0.3 is 9.15 Å². The molecule has 0 N–H and O–H groups in total. The molecular formula is C18H17FN2O4. The first kappa shape index (κ1) is 16.9. The first-order valence-electron chi connectivity index (χ1n) is 7.64. The van der Waals surface area contributed by atoms with E-state index in [4.69, 9.17) is 9.15 Å². The Morgan fingerprint density at radius 2 is 1.92 bits per heavy atom. The summed E-state index contributed by atoms with van der Waals surface area (Å²) < 4.78 is 25.2. The molecule has 0 unspecified atom stereocenters. The molecule has 0 saturated carbocycles. The lowest BCUT2D eigenvalue weighted by molar-refractivity contribution is -0.384. The zero-order valence-corrected chi connectivity index (χ0v) is 14.3. The summed E-state index contributed by atoms with van der Waals surface area (Å²) in [5.41, 5.74) is 0.439. The molecule has 0 radical (unpaired) electrons. The van der Waals surface area contributed by atoms with E-state index in [1.165, 1.54) is 31.4 Å². The van der Waals surface area contributed by atoms with Crippen LogP contribution in [0.4, 0.5) is 10.1 Å². The van der Waals surface area contributed by atoms with Crippen LogP contribution in [0.15, 0.2) is 34.7 Å². The predicted octanol–water partition coefficient (Wildman–Crippen LogP) is 4.85. The number of hydrogen-bond donors (Lipinski definition) is 0. The molecule has 0 amide bonds. The number of ether oxygens (including phenoxy) is 1. The number of benzene rings is 2. The van der Waals surface area contributed by atoms with Crippen molar-refractivity contribution in [2.75, 3.05) is 7.11 Å². The molecule has 0 fully saturated rings. The molecule has 25 heavy (non-hydrogen) atoms. The van der Waals surface area contributed by atoms with Gasteiger partial charge >= 0.3 is 0 Å².